The summed E-state index contributed by atoms with van der Waals surface area (Å²) < 4.78 is 25.0. The highest BCUT2D eigenvalue weighted by molar-refractivity contribution is 5.79. The second-order valence-electron chi connectivity index (χ2n) is 16.0. The molecule has 43 heavy (non-hydrogen) atoms. The molecule has 4 saturated carbocycles. The van der Waals surface area contributed by atoms with Gasteiger partial charge in [0.1, 0.15) is 34.8 Å². The predicted octanol–water partition coefficient (Wildman–Crippen LogP) is 6.21. The van der Waals surface area contributed by atoms with Crippen LogP contribution in [0.3, 0.4) is 0 Å². The molecule has 0 aromatic rings. The first-order valence-electron chi connectivity index (χ1n) is 16.6. The molecule has 0 N–H and O–H groups in total. The summed E-state index contributed by atoms with van der Waals surface area (Å²) >= 11 is 0. The van der Waals surface area contributed by atoms with Crippen LogP contribution in [0.25, 0.3) is 0 Å². The first kappa shape index (κ1) is 32.4. The van der Waals surface area contributed by atoms with E-state index in [1.165, 1.54) is 20.8 Å². The number of rotatable bonds is 7. The van der Waals surface area contributed by atoms with Crippen molar-refractivity contribution in [2.24, 2.45) is 46.3 Å². The van der Waals surface area contributed by atoms with Gasteiger partial charge in [-0.05, 0) is 88.4 Å². The van der Waals surface area contributed by atoms with Gasteiger partial charge in [-0.25, -0.2) is 0 Å². The van der Waals surface area contributed by atoms with E-state index in [0.717, 1.165) is 38.5 Å². The first-order valence-corrected chi connectivity index (χ1v) is 16.6. The number of fused-ring (bicyclic) bond motifs is 6. The molecule has 12 atom stereocenters. The molecule has 0 aromatic carbocycles. The number of hydrogen-bond acceptors (Lipinski definition) is 8. The van der Waals surface area contributed by atoms with E-state index in [1.807, 2.05) is 34.6 Å². The minimum atomic E-state index is -0.895. The zero-order valence-corrected chi connectivity index (χ0v) is 28.0. The molecule has 0 amide bonds. The molecule has 5 aliphatic rings. The number of Topliss-reactive ketones (excluding diaryl/α,β-unsaturated/α-hetero) is 1. The van der Waals surface area contributed by atoms with Crippen LogP contribution in [0, 0.1) is 46.3 Å². The Morgan fingerprint density at radius 2 is 1.60 bits per heavy atom. The summed E-state index contributed by atoms with van der Waals surface area (Å²) in [7, 11) is 0. The maximum absolute atomic E-state index is 12.6. The van der Waals surface area contributed by atoms with Gasteiger partial charge in [-0.1, -0.05) is 27.7 Å². The van der Waals surface area contributed by atoms with Crippen molar-refractivity contribution in [3.05, 3.63) is 0 Å². The third-order valence-corrected chi connectivity index (χ3v) is 13.6. The Hall–Kier alpha value is -1.96. The molecule has 0 bridgehead atoms. The summed E-state index contributed by atoms with van der Waals surface area (Å²) in [5, 5.41) is 0. The van der Waals surface area contributed by atoms with Crippen LogP contribution in [0.1, 0.15) is 121 Å². The zero-order valence-electron chi connectivity index (χ0n) is 28.0. The molecule has 5 fully saturated rings. The summed E-state index contributed by atoms with van der Waals surface area (Å²) in [6.07, 6.45) is 6.12. The van der Waals surface area contributed by atoms with E-state index in [1.54, 1.807) is 0 Å². The molecule has 0 radical (unpaired) electrons. The standard InChI is InChI=1S/C35H54O8/c1-19(20(2)31(6,7)42-23(5)38)30(41-22(4)37)34(10)35(43-34)29(40-21(3)36)18-28-26-12-11-24-17-25(39)13-15-32(24,8)27(26)14-16-33(28,35)9/h19-20,24,26-30H,11-18H2,1-10H3. The lowest BCUT2D eigenvalue weighted by molar-refractivity contribution is -0.169. The van der Waals surface area contributed by atoms with E-state index < -0.39 is 35.0 Å². The van der Waals surface area contributed by atoms with Gasteiger partial charge in [0.2, 0.25) is 0 Å². The van der Waals surface area contributed by atoms with Crippen LogP contribution in [0.4, 0.5) is 0 Å². The summed E-state index contributed by atoms with van der Waals surface area (Å²) in [6, 6.07) is 0. The third-order valence-electron chi connectivity index (χ3n) is 13.6. The molecule has 1 spiro atoms. The number of carbonyl (C=O) groups is 4. The topological polar surface area (TPSA) is 108 Å². The molecule has 12 unspecified atom stereocenters. The molecular weight excluding hydrogens is 548 g/mol. The Morgan fingerprint density at radius 3 is 2.21 bits per heavy atom. The molecule has 4 aliphatic carbocycles. The van der Waals surface area contributed by atoms with Crippen LogP contribution in [0.15, 0.2) is 0 Å². The number of carbonyl (C=O) groups excluding carboxylic acids is 4. The molecule has 8 heteroatoms. The lowest BCUT2D eigenvalue weighted by atomic mass is 9.44. The molecule has 1 aliphatic heterocycles. The average molecular weight is 603 g/mol. The van der Waals surface area contributed by atoms with Gasteiger partial charge < -0.3 is 18.9 Å². The summed E-state index contributed by atoms with van der Waals surface area (Å²) in [6.45, 7) is 18.9. The van der Waals surface area contributed by atoms with Crippen molar-refractivity contribution in [3.8, 4) is 0 Å². The van der Waals surface area contributed by atoms with Crippen LogP contribution >= 0.6 is 0 Å². The van der Waals surface area contributed by atoms with Crippen molar-refractivity contribution in [1.29, 1.82) is 0 Å². The predicted molar refractivity (Wildman–Crippen MR) is 160 cm³/mol. The van der Waals surface area contributed by atoms with Crippen LogP contribution in [-0.4, -0.2) is 52.7 Å². The van der Waals surface area contributed by atoms with Crippen molar-refractivity contribution >= 4 is 23.7 Å². The maximum atomic E-state index is 12.6. The van der Waals surface area contributed by atoms with Gasteiger partial charge in [0.25, 0.3) is 0 Å². The Balaban J connectivity index is 1.52. The van der Waals surface area contributed by atoms with E-state index in [0.29, 0.717) is 36.4 Å². The third kappa shape index (κ3) is 4.78. The van der Waals surface area contributed by atoms with Crippen LogP contribution < -0.4 is 0 Å². The SMILES string of the molecule is CC(=O)OC(C(C)C(C)C(C)(C)OC(C)=O)C1(C)OC12C(OC(C)=O)CC1C3CCC4CC(=O)CCC4(C)C3CCC12C. The molecule has 242 valence electrons. The number of esters is 3. The zero-order chi connectivity index (χ0) is 31.9. The summed E-state index contributed by atoms with van der Waals surface area (Å²) in [5.41, 5.74) is -2.63. The Morgan fingerprint density at radius 1 is 0.930 bits per heavy atom. The molecule has 0 aromatic heterocycles. The lowest BCUT2D eigenvalue weighted by Crippen LogP contribution is -2.58. The van der Waals surface area contributed by atoms with Crippen LogP contribution in [0.2, 0.25) is 0 Å². The molecular formula is C35H54O8. The van der Waals surface area contributed by atoms with Crippen molar-refractivity contribution in [2.75, 3.05) is 0 Å². The highest BCUT2D eigenvalue weighted by Crippen LogP contribution is 2.77. The van der Waals surface area contributed by atoms with Gasteiger partial charge in [0.15, 0.2) is 0 Å². The Kier molecular flexibility index (Phi) is 7.96. The van der Waals surface area contributed by atoms with Crippen molar-refractivity contribution < 1.29 is 38.1 Å². The van der Waals surface area contributed by atoms with Gasteiger partial charge in [0, 0.05) is 50.9 Å². The lowest BCUT2D eigenvalue weighted by Gasteiger charge is -2.60. The minimum Gasteiger partial charge on any atom is -0.460 e. The monoisotopic (exact) mass is 602 g/mol. The fourth-order valence-electron chi connectivity index (χ4n) is 11.3. The van der Waals surface area contributed by atoms with Crippen molar-refractivity contribution in [2.45, 2.75) is 150 Å². The fourth-order valence-corrected chi connectivity index (χ4v) is 11.3. The first-order chi connectivity index (χ1) is 19.8. The van der Waals surface area contributed by atoms with Gasteiger partial charge in [-0.2, -0.15) is 0 Å². The minimum absolute atomic E-state index is 0.158. The normalized spacial score (nSPS) is 43.9. The van der Waals surface area contributed by atoms with Gasteiger partial charge >= 0.3 is 17.9 Å². The van der Waals surface area contributed by atoms with E-state index in [2.05, 4.69) is 13.8 Å². The number of hydrogen-bond donors (Lipinski definition) is 0. The second kappa shape index (κ2) is 10.6. The van der Waals surface area contributed by atoms with E-state index >= 15 is 0 Å². The molecule has 1 heterocycles. The van der Waals surface area contributed by atoms with Gasteiger partial charge in [0.05, 0.1) is 0 Å². The molecule has 5 rings (SSSR count). The second-order valence-corrected chi connectivity index (χ2v) is 16.0. The molecule has 8 nitrogen and oxygen atoms in total. The van der Waals surface area contributed by atoms with Gasteiger partial charge in [-0.3, -0.25) is 19.2 Å². The maximum Gasteiger partial charge on any atom is 0.303 e. The van der Waals surface area contributed by atoms with E-state index in [-0.39, 0.29) is 40.5 Å². The fraction of sp³-hybridized carbons (Fsp3) is 0.886. The summed E-state index contributed by atoms with van der Waals surface area (Å²) in [4.78, 5) is 49.5. The Labute approximate surface area is 257 Å². The Bertz CT molecular complexity index is 1180. The number of ether oxygens (including phenoxy) is 4. The van der Waals surface area contributed by atoms with Crippen molar-refractivity contribution in [3.63, 3.8) is 0 Å². The highest BCUT2D eigenvalue weighted by atomic mass is 16.7. The van der Waals surface area contributed by atoms with Crippen LogP contribution in [0.5, 0.6) is 0 Å². The van der Waals surface area contributed by atoms with E-state index in [9.17, 15) is 19.2 Å². The highest BCUT2D eigenvalue weighted by Gasteiger charge is 2.87. The summed E-state index contributed by atoms with van der Waals surface area (Å²) in [5.74, 6) is 0.667. The number of epoxide rings is 1. The quantitative estimate of drug-likeness (QED) is 0.192. The number of ketones is 1. The van der Waals surface area contributed by atoms with E-state index in [4.69, 9.17) is 18.9 Å². The largest absolute Gasteiger partial charge is 0.460 e. The average Bonchev–Trinajstić information content (AvgIpc) is 3.47. The van der Waals surface area contributed by atoms with Crippen LogP contribution in [-0.2, 0) is 38.1 Å². The smallest absolute Gasteiger partial charge is 0.303 e. The molecule has 1 saturated heterocycles. The van der Waals surface area contributed by atoms with Crippen molar-refractivity contribution in [1.82, 2.24) is 0 Å². The van der Waals surface area contributed by atoms with Gasteiger partial charge in [-0.15, -0.1) is 0 Å².